The Morgan fingerprint density at radius 2 is 2.07 bits per heavy atom. The largest absolute Gasteiger partial charge is 0.462 e. The molecule has 1 fully saturated rings. The summed E-state index contributed by atoms with van der Waals surface area (Å²) in [7, 11) is 0. The third kappa shape index (κ3) is 4.80. The Morgan fingerprint density at radius 1 is 1.44 bits per heavy atom. The minimum Gasteiger partial charge on any atom is -0.462 e. The van der Waals surface area contributed by atoms with Gasteiger partial charge in [-0.05, 0) is 39.7 Å². The van der Waals surface area contributed by atoms with E-state index < -0.39 is 28.7 Å². The van der Waals surface area contributed by atoms with Crippen molar-refractivity contribution in [1.82, 2.24) is 9.88 Å². The first kappa shape index (κ1) is 21.2. The van der Waals surface area contributed by atoms with Gasteiger partial charge in [0.05, 0.1) is 23.4 Å². The zero-order chi connectivity index (χ0) is 20.4. The number of pyridine rings is 1. The Bertz CT molecular complexity index is 786. The second-order valence-corrected chi connectivity index (χ2v) is 6.32. The molecule has 1 heterocycles. The number of halogens is 5. The lowest BCUT2D eigenvalue weighted by molar-refractivity contribution is -0.0925. The van der Waals surface area contributed by atoms with Gasteiger partial charge in [-0.25, -0.2) is 9.18 Å². The first-order valence-electron chi connectivity index (χ1n) is 8.33. The van der Waals surface area contributed by atoms with E-state index >= 15 is 0 Å². The minimum absolute atomic E-state index is 0.0837. The van der Waals surface area contributed by atoms with Crippen LogP contribution in [0.4, 0.5) is 17.6 Å². The maximum atomic E-state index is 14.6. The van der Waals surface area contributed by atoms with Crippen molar-refractivity contribution in [3.05, 3.63) is 46.1 Å². The van der Waals surface area contributed by atoms with E-state index in [0.717, 1.165) is 19.2 Å². The van der Waals surface area contributed by atoms with Gasteiger partial charge >= 0.3 is 12.1 Å². The lowest BCUT2D eigenvalue weighted by atomic mass is 10.1. The number of carbonyl (C=O) groups excluding carboxylic acids is 1. The molecule has 1 aromatic rings. The molecule has 0 saturated heterocycles. The highest BCUT2D eigenvalue weighted by molar-refractivity contribution is 6.30. The smallest absolute Gasteiger partial charge is 0.415 e. The summed E-state index contributed by atoms with van der Waals surface area (Å²) in [5.74, 6) is -1.59. The summed E-state index contributed by atoms with van der Waals surface area (Å²) in [4.78, 5) is 16.9. The topological polar surface area (TPSA) is 42.4 Å². The number of hydrogen-bond donors (Lipinski definition) is 0. The lowest BCUT2D eigenvalue weighted by Gasteiger charge is -2.28. The molecular formula is C18H19ClF4N2O2. The summed E-state index contributed by atoms with van der Waals surface area (Å²) in [5.41, 5.74) is -1.14. The molecule has 148 valence electrons. The van der Waals surface area contributed by atoms with Gasteiger partial charge in [-0.1, -0.05) is 17.7 Å². The first-order valence-corrected chi connectivity index (χ1v) is 8.71. The van der Waals surface area contributed by atoms with E-state index in [-0.39, 0.29) is 29.6 Å². The van der Waals surface area contributed by atoms with E-state index in [9.17, 15) is 22.4 Å². The van der Waals surface area contributed by atoms with Gasteiger partial charge in [0, 0.05) is 12.2 Å². The van der Waals surface area contributed by atoms with E-state index in [2.05, 4.69) is 4.98 Å². The molecule has 1 aliphatic rings. The molecular weight excluding hydrogens is 388 g/mol. The Labute approximate surface area is 159 Å². The van der Waals surface area contributed by atoms with Crippen molar-refractivity contribution in [3.63, 3.8) is 0 Å². The van der Waals surface area contributed by atoms with Crippen LogP contribution in [0, 0.1) is 5.82 Å². The summed E-state index contributed by atoms with van der Waals surface area (Å²) in [6.45, 7) is 4.16. The molecule has 1 aromatic heterocycles. The van der Waals surface area contributed by atoms with Crippen LogP contribution in [0.1, 0.15) is 49.7 Å². The molecule has 9 heteroatoms. The second kappa shape index (κ2) is 8.29. The molecule has 0 spiro atoms. The number of aromatic nitrogens is 1. The molecule has 0 N–H and O–H groups in total. The fourth-order valence-electron chi connectivity index (χ4n) is 2.44. The minimum atomic E-state index is -4.61. The number of hydrogen-bond acceptors (Lipinski definition) is 4. The zero-order valence-electron chi connectivity index (χ0n) is 15.0. The third-order valence-corrected chi connectivity index (χ3v) is 4.45. The number of alkyl halides is 3. The molecule has 1 aliphatic carbocycles. The summed E-state index contributed by atoms with van der Waals surface area (Å²) in [6.07, 6.45) is -0.787. The van der Waals surface area contributed by atoms with Crippen LogP contribution in [0.3, 0.4) is 0 Å². The molecule has 0 amide bonds. The van der Waals surface area contributed by atoms with Gasteiger partial charge in [-0.2, -0.15) is 13.2 Å². The van der Waals surface area contributed by atoms with E-state index in [1.807, 2.05) is 0 Å². The van der Waals surface area contributed by atoms with Crippen molar-refractivity contribution < 1.29 is 27.1 Å². The zero-order valence-corrected chi connectivity index (χ0v) is 15.8. The highest BCUT2D eigenvalue weighted by Gasteiger charge is 2.40. The van der Waals surface area contributed by atoms with Crippen LogP contribution in [0.2, 0.25) is 0 Å². The maximum Gasteiger partial charge on any atom is 0.415 e. The van der Waals surface area contributed by atoms with Gasteiger partial charge in [0.1, 0.15) is 10.9 Å². The summed E-state index contributed by atoms with van der Waals surface area (Å²) >= 11 is 6.04. The summed E-state index contributed by atoms with van der Waals surface area (Å²) in [6, 6.07) is 0.676. The standard InChI is InChI=1S/C18H19ClF4N2O2/c1-4-14(15-13(20)8-11(9-24-15)17(26)27-5-2)25(12-6-7-12)16(19)10(3)18(21,22)23/h4,8-9,12H,5-7H2,1-3H3/b14-4-,16-10+. The number of nitrogens with zero attached hydrogens (tertiary/aromatic N) is 2. The molecule has 0 unspecified atom stereocenters. The molecule has 0 bridgehead atoms. The van der Waals surface area contributed by atoms with E-state index in [1.165, 1.54) is 11.0 Å². The average Bonchev–Trinajstić information content (AvgIpc) is 3.43. The van der Waals surface area contributed by atoms with Crippen LogP contribution in [0.25, 0.3) is 5.70 Å². The quantitative estimate of drug-likeness (QED) is 0.367. The van der Waals surface area contributed by atoms with Gasteiger partial charge < -0.3 is 9.64 Å². The van der Waals surface area contributed by atoms with Gasteiger partial charge in [-0.3, -0.25) is 4.98 Å². The summed E-state index contributed by atoms with van der Waals surface area (Å²) in [5, 5.41) is -0.520. The van der Waals surface area contributed by atoms with Gasteiger partial charge in [0.15, 0.2) is 5.82 Å². The molecule has 4 nitrogen and oxygen atoms in total. The predicted molar refractivity (Wildman–Crippen MR) is 93.3 cm³/mol. The number of ether oxygens (including phenoxy) is 1. The monoisotopic (exact) mass is 406 g/mol. The normalized spacial score (nSPS) is 16.1. The number of rotatable bonds is 6. The van der Waals surface area contributed by atoms with Crippen LogP contribution in [-0.2, 0) is 4.74 Å². The van der Waals surface area contributed by atoms with Crippen molar-refractivity contribution in [2.45, 2.75) is 45.8 Å². The summed E-state index contributed by atoms with van der Waals surface area (Å²) < 4.78 is 58.6. The SMILES string of the molecule is C/C=C(/c1ncc(C(=O)OCC)cc1F)N(/C(Cl)=C(\C)C(F)(F)F)C1CC1. The van der Waals surface area contributed by atoms with Crippen LogP contribution in [-0.4, -0.2) is 34.7 Å². The van der Waals surface area contributed by atoms with Crippen molar-refractivity contribution >= 4 is 23.3 Å². The van der Waals surface area contributed by atoms with Crippen LogP contribution >= 0.6 is 11.6 Å². The van der Waals surface area contributed by atoms with E-state index in [4.69, 9.17) is 16.3 Å². The average molecular weight is 407 g/mol. The van der Waals surface area contributed by atoms with Gasteiger partial charge in [0.25, 0.3) is 0 Å². The Balaban J connectivity index is 2.47. The molecule has 2 rings (SSSR count). The maximum absolute atomic E-state index is 14.6. The van der Waals surface area contributed by atoms with Gasteiger partial charge in [-0.15, -0.1) is 0 Å². The molecule has 0 aromatic carbocycles. The van der Waals surface area contributed by atoms with Crippen molar-refractivity contribution in [3.8, 4) is 0 Å². The fourth-order valence-corrected chi connectivity index (χ4v) is 2.77. The highest BCUT2D eigenvalue weighted by atomic mass is 35.5. The van der Waals surface area contributed by atoms with Crippen molar-refractivity contribution in [1.29, 1.82) is 0 Å². The van der Waals surface area contributed by atoms with Crippen molar-refractivity contribution in [2.24, 2.45) is 0 Å². The van der Waals surface area contributed by atoms with Crippen molar-refractivity contribution in [2.75, 3.05) is 6.61 Å². The van der Waals surface area contributed by atoms with E-state index in [1.54, 1.807) is 13.8 Å². The third-order valence-electron chi connectivity index (χ3n) is 3.99. The predicted octanol–water partition coefficient (Wildman–Crippen LogP) is 5.26. The molecule has 1 saturated carbocycles. The Morgan fingerprint density at radius 3 is 2.52 bits per heavy atom. The lowest BCUT2D eigenvalue weighted by Crippen LogP contribution is -2.26. The van der Waals surface area contributed by atoms with E-state index in [0.29, 0.717) is 12.8 Å². The number of allylic oxidation sites excluding steroid dienone is 2. The van der Waals surface area contributed by atoms with Gasteiger partial charge in [0.2, 0.25) is 0 Å². The number of esters is 1. The molecule has 0 atom stereocenters. The fraction of sp³-hybridized carbons (Fsp3) is 0.444. The highest BCUT2D eigenvalue weighted by Crippen LogP contribution is 2.42. The Kier molecular flexibility index (Phi) is 6.51. The molecule has 0 radical (unpaired) electrons. The molecule has 27 heavy (non-hydrogen) atoms. The number of carbonyl (C=O) groups is 1. The van der Waals surface area contributed by atoms with Crippen LogP contribution in [0.15, 0.2) is 29.1 Å². The van der Waals surface area contributed by atoms with Crippen LogP contribution < -0.4 is 0 Å². The molecule has 0 aliphatic heterocycles. The van der Waals surface area contributed by atoms with Crippen LogP contribution in [0.5, 0.6) is 0 Å². The second-order valence-electron chi connectivity index (χ2n) is 5.96. The Hall–Kier alpha value is -2.09. The first-order chi connectivity index (χ1) is 12.6.